The van der Waals surface area contributed by atoms with E-state index in [4.69, 9.17) is 15.9 Å². The molecule has 0 aromatic carbocycles. The van der Waals surface area contributed by atoms with Crippen LogP contribution in [0.15, 0.2) is 36.5 Å². The highest BCUT2D eigenvalue weighted by Crippen LogP contribution is 2.35. The molecule has 1 amide bonds. The van der Waals surface area contributed by atoms with Crippen molar-refractivity contribution in [2.45, 2.75) is 96.8 Å². The number of rotatable bonds is 10. The normalized spacial score (nSPS) is 18.2. The highest BCUT2D eigenvalue weighted by molar-refractivity contribution is 5.82. The molecule has 0 aliphatic carbocycles. The Balaban J connectivity index is 3.09. The van der Waals surface area contributed by atoms with Gasteiger partial charge in [-0.1, -0.05) is 29.7 Å². The summed E-state index contributed by atoms with van der Waals surface area (Å²) in [6, 6.07) is -0.420. The Morgan fingerprint density at radius 3 is 2.48 bits per heavy atom. The van der Waals surface area contributed by atoms with Crippen LogP contribution in [-0.4, -0.2) is 40.8 Å². The monoisotopic (exact) mass is 429 g/mol. The van der Waals surface area contributed by atoms with Crippen LogP contribution in [0, 0.1) is 12.3 Å². The van der Waals surface area contributed by atoms with Crippen LogP contribution in [0.4, 0.5) is 4.79 Å². The maximum Gasteiger partial charge on any atom is 0.410 e. The molecule has 0 N–H and O–H groups in total. The molecule has 1 aliphatic heterocycles. The molecule has 1 heterocycles. The van der Waals surface area contributed by atoms with Gasteiger partial charge in [-0.15, -0.1) is 13.0 Å². The second-order valence-corrected chi connectivity index (χ2v) is 9.23. The number of hydrogen-bond donors (Lipinski definition) is 0. The van der Waals surface area contributed by atoms with Gasteiger partial charge >= 0.3 is 12.1 Å². The number of esters is 1. The number of allylic oxidation sites excluding steroid dienone is 4. The zero-order chi connectivity index (χ0) is 23.5. The first kappa shape index (κ1) is 26.6. The summed E-state index contributed by atoms with van der Waals surface area (Å²) >= 11 is 0. The Labute approximate surface area is 188 Å². The molecule has 0 saturated carbocycles. The number of unbranched alkanes of at least 4 members (excludes halogenated alkanes) is 2. The number of likely N-dealkylation sites (tertiary alicyclic amines) is 1. The topological polar surface area (TPSA) is 55.8 Å². The number of nitrogens with zero attached hydrogens (tertiary/aromatic N) is 1. The fourth-order valence-electron chi connectivity index (χ4n) is 3.62. The van der Waals surface area contributed by atoms with E-state index in [-0.39, 0.29) is 0 Å². The molecule has 2 atom stereocenters. The van der Waals surface area contributed by atoms with Crippen LogP contribution in [-0.2, 0) is 14.3 Å². The number of hydrogen-bond acceptors (Lipinski definition) is 4. The predicted molar refractivity (Wildman–Crippen MR) is 125 cm³/mol. The van der Waals surface area contributed by atoms with E-state index in [1.807, 2.05) is 40.7 Å². The van der Waals surface area contributed by atoms with Crippen LogP contribution in [0.25, 0.3) is 0 Å². The lowest BCUT2D eigenvalue weighted by molar-refractivity contribution is -0.153. The summed E-state index contributed by atoms with van der Waals surface area (Å²) in [6.45, 7) is 13.7. The fraction of sp³-hybridized carbons (Fsp3) is 0.615. The third-order valence-electron chi connectivity index (χ3n) is 5.05. The van der Waals surface area contributed by atoms with Crippen molar-refractivity contribution in [2.24, 2.45) is 0 Å². The highest BCUT2D eigenvalue weighted by atomic mass is 16.6. The van der Waals surface area contributed by atoms with E-state index in [9.17, 15) is 9.59 Å². The third kappa shape index (κ3) is 9.04. The molecular formula is C26H39NO4. The molecule has 5 nitrogen and oxygen atoms in total. The summed E-state index contributed by atoms with van der Waals surface area (Å²) in [6.07, 6.45) is 17.8. The zero-order valence-corrected chi connectivity index (χ0v) is 19.9. The predicted octanol–water partition coefficient (Wildman–Crippen LogP) is 5.96. The number of ether oxygens (including phenoxy) is 2. The quantitative estimate of drug-likeness (QED) is 0.141. The lowest BCUT2D eigenvalue weighted by atomic mass is 9.87. The summed E-state index contributed by atoms with van der Waals surface area (Å²) in [5.74, 6) is 2.27. The van der Waals surface area contributed by atoms with Gasteiger partial charge in [-0.25, -0.2) is 9.59 Å². The van der Waals surface area contributed by atoms with Crippen LogP contribution in [0.5, 0.6) is 0 Å². The summed E-state index contributed by atoms with van der Waals surface area (Å²) in [5, 5.41) is 0. The van der Waals surface area contributed by atoms with E-state index in [0.29, 0.717) is 25.8 Å². The lowest BCUT2D eigenvalue weighted by Gasteiger charge is -2.39. The number of carbonyl (C=O) groups excluding carboxylic acids is 2. The van der Waals surface area contributed by atoms with Gasteiger partial charge in [0.1, 0.15) is 5.60 Å². The Bertz CT molecular complexity index is 719. The Morgan fingerprint density at radius 1 is 1.19 bits per heavy atom. The van der Waals surface area contributed by atoms with E-state index < -0.39 is 29.3 Å². The molecular weight excluding hydrogens is 390 g/mol. The smallest absolute Gasteiger partial charge is 0.410 e. The molecule has 1 aliphatic rings. The van der Waals surface area contributed by atoms with E-state index in [2.05, 4.69) is 18.6 Å². The molecule has 1 rings (SSSR count). The summed E-state index contributed by atoms with van der Waals surface area (Å²) in [7, 11) is 0. The third-order valence-corrected chi connectivity index (χ3v) is 5.05. The van der Waals surface area contributed by atoms with Gasteiger partial charge in [0.25, 0.3) is 0 Å². The Hall–Kier alpha value is -2.48. The van der Waals surface area contributed by atoms with E-state index in [1.54, 1.807) is 11.0 Å². The van der Waals surface area contributed by atoms with Gasteiger partial charge in [0.05, 0.1) is 6.04 Å². The second kappa shape index (κ2) is 12.4. The zero-order valence-electron chi connectivity index (χ0n) is 19.9. The van der Waals surface area contributed by atoms with Crippen LogP contribution < -0.4 is 0 Å². The molecule has 172 valence electrons. The largest absolute Gasteiger partial charge is 0.444 e. The maximum atomic E-state index is 12.8. The van der Waals surface area contributed by atoms with Crippen molar-refractivity contribution in [3.63, 3.8) is 0 Å². The standard InChI is InChI=1S/C26H39NO4/c1-8-10-11-12-13-18-23(28)30-26(9-2,19-14-16-21(3)4)22-17-15-20-27(22)24(29)31-25(5,6)7/h2,8,13,16,18,22H,1,10-12,14-15,17,19-20H2,3-7H3/b18-13+/t22?,26-/m0/s1. The number of carbonyl (C=O) groups is 2. The molecule has 0 bridgehead atoms. The minimum Gasteiger partial charge on any atom is -0.444 e. The Morgan fingerprint density at radius 2 is 1.90 bits per heavy atom. The van der Waals surface area contributed by atoms with E-state index >= 15 is 0 Å². The molecule has 0 aromatic rings. The molecule has 5 heteroatoms. The fourth-order valence-corrected chi connectivity index (χ4v) is 3.62. The van der Waals surface area contributed by atoms with Gasteiger partial charge in [0, 0.05) is 19.0 Å². The van der Waals surface area contributed by atoms with E-state index in [0.717, 1.165) is 31.3 Å². The van der Waals surface area contributed by atoms with Crippen molar-refractivity contribution in [1.29, 1.82) is 0 Å². The molecule has 0 aromatic heterocycles. The lowest BCUT2D eigenvalue weighted by Crippen LogP contribution is -2.54. The van der Waals surface area contributed by atoms with Gasteiger partial charge in [-0.05, 0) is 73.1 Å². The van der Waals surface area contributed by atoms with Crippen LogP contribution in [0.3, 0.4) is 0 Å². The minimum atomic E-state index is -1.21. The molecule has 1 fully saturated rings. The molecule has 0 spiro atoms. The molecule has 31 heavy (non-hydrogen) atoms. The first-order chi connectivity index (χ1) is 14.5. The second-order valence-electron chi connectivity index (χ2n) is 9.23. The van der Waals surface area contributed by atoms with Crippen LogP contribution in [0.2, 0.25) is 0 Å². The average molecular weight is 430 g/mol. The van der Waals surface area contributed by atoms with Crippen molar-refractivity contribution in [3.05, 3.63) is 36.5 Å². The minimum absolute atomic E-state index is 0.420. The first-order valence-electron chi connectivity index (χ1n) is 11.2. The average Bonchev–Trinajstić information content (AvgIpc) is 3.16. The molecule has 0 radical (unpaired) electrons. The summed E-state index contributed by atoms with van der Waals surface area (Å²) < 4.78 is 11.5. The highest BCUT2D eigenvalue weighted by Gasteiger charge is 2.48. The van der Waals surface area contributed by atoms with Gasteiger partial charge in [0.2, 0.25) is 0 Å². The van der Waals surface area contributed by atoms with Crippen LogP contribution >= 0.6 is 0 Å². The maximum absolute atomic E-state index is 12.8. The molecule has 1 saturated heterocycles. The Kier molecular flexibility index (Phi) is 10.6. The van der Waals surface area contributed by atoms with Gasteiger partial charge in [-0.3, -0.25) is 0 Å². The van der Waals surface area contributed by atoms with Crippen molar-refractivity contribution in [3.8, 4) is 12.3 Å². The van der Waals surface area contributed by atoms with Crippen molar-refractivity contribution in [2.75, 3.05) is 6.54 Å². The van der Waals surface area contributed by atoms with Crippen molar-refractivity contribution in [1.82, 2.24) is 4.90 Å². The first-order valence-corrected chi connectivity index (χ1v) is 11.2. The SMILES string of the molecule is C#C[C@@](CCC=C(C)C)(OC(=O)/C=C/CCCC=C)C1CCCN1C(=O)OC(C)(C)C. The van der Waals surface area contributed by atoms with Crippen molar-refractivity contribution >= 4 is 12.1 Å². The summed E-state index contributed by atoms with van der Waals surface area (Å²) in [5.41, 5.74) is -0.660. The molecule has 1 unspecified atom stereocenters. The summed E-state index contributed by atoms with van der Waals surface area (Å²) in [4.78, 5) is 27.1. The van der Waals surface area contributed by atoms with Gasteiger partial charge in [0.15, 0.2) is 5.60 Å². The van der Waals surface area contributed by atoms with Crippen LogP contribution in [0.1, 0.15) is 79.6 Å². The van der Waals surface area contributed by atoms with E-state index in [1.165, 1.54) is 6.08 Å². The number of amides is 1. The van der Waals surface area contributed by atoms with Crippen molar-refractivity contribution < 1.29 is 19.1 Å². The number of terminal acetylenes is 1. The van der Waals surface area contributed by atoms with Gasteiger partial charge in [-0.2, -0.15) is 0 Å². The van der Waals surface area contributed by atoms with Gasteiger partial charge < -0.3 is 14.4 Å².